The van der Waals surface area contributed by atoms with Crippen molar-refractivity contribution in [2.24, 2.45) is 4.99 Å². The minimum atomic E-state index is 0.482. The van der Waals surface area contributed by atoms with Crippen LogP contribution in [-0.4, -0.2) is 20.4 Å². The summed E-state index contributed by atoms with van der Waals surface area (Å²) in [5.74, 6) is 1.95. The number of methoxy groups -OCH3 is 2. The van der Waals surface area contributed by atoms with E-state index in [1.54, 1.807) is 32.6 Å². The summed E-state index contributed by atoms with van der Waals surface area (Å²) >= 11 is 6.18. The molecule has 0 saturated carbocycles. The van der Waals surface area contributed by atoms with Gasteiger partial charge in [-0.2, -0.15) is 0 Å². The molecule has 138 valence electrons. The molecule has 0 spiro atoms. The first kappa shape index (κ1) is 18.8. The number of aliphatic imine (C=N–C) groups is 1. The lowest BCUT2D eigenvalue weighted by atomic mass is 10.2. The molecule has 3 aromatic rings. The van der Waals surface area contributed by atoms with Crippen molar-refractivity contribution in [3.8, 4) is 17.2 Å². The largest absolute Gasteiger partial charge is 0.495 e. The number of rotatable bonds is 7. The van der Waals surface area contributed by atoms with Crippen LogP contribution in [0.4, 0.5) is 5.69 Å². The molecule has 3 aromatic carbocycles. The Bertz CT molecular complexity index is 909. The Morgan fingerprint density at radius 2 is 1.59 bits per heavy atom. The van der Waals surface area contributed by atoms with Gasteiger partial charge in [0, 0.05) is 12.3 Å². The molecule has 3 rings (SSSR count). The highest BCUT2D eigenvalue weighted by atomic mass is 35.5. The van der Waals surface area contributed by atoms with Crippen molar-refractivity contribution in [2.45, 2.75) is 6.61 Å². The summed E-state index contributed by atoms with van der Waals surface area (Å²) in [5.41, 5.74) is 2.70. The standard InChI is InChI=1S/C22H20ClNO3/c1-25-21-13-22(26-2)20(12-19(21)23)24-14-16-8-10-18(11-9-16)27-15-17-6-4-3-5-7-17/h3-14H,15H2,1-2H3. The van der Waals surface area contributed by atoms with Crippen LogP contribution in [0.1, 0.15) is 11.1 Å². The minimum absolute atomic E-state index is 0.482. The SMILES string of the molecule is COc1cc(OC)c(N=Cc2ccc(OCc3ccccc3)cc2)cc1Cl. The van der Waals surface area contributed by atoms with Crippen LogP contribution in [0.3, 0.4) is 0 Å². The van der Waals surface area contributed by atoms with E-state index in [4.69, 9.17) is 25.8 Å². The molecule has 0 amide bonds. The van der Waals surface area contributed by atoms with Gasteiger partial charge in [0.15, 0.2) is 0 Å². The van der Waals surface area contributed by atoms with Crippen LogP contribution < -0.4 is 14.2 Å². The van der Waals surface area contributed by atoms with E-state index in [-0.39, 0.29) is 0 Å². The van der Waals surface area contributed by atoms with Gasteiger partial charge in [-0.05, 0) is 41.5 Å². The van der Waals surface area contributed by atoms with Crippen LogP contribution in [-0.2, 0) is 6.61 Å². The second-order valence-electron chi connectivity index (χ2n) is 5.76. The molecule has 0 aliphatic carbocycles. The van der Waals surface area contributed by atoms with Crippen molar-refractivity contribution in [3.63, 3.8) is 0 Å². The first-order chi connectivity index (χ1) is 13.2. The monoisotopic (exact) mass is 381 g/mol. The Balaban J connectivity index is 1.68. The van der Waals surface area contributed by atoms with Crippen LogP contribution in [0.5, 0.6) is 17.2 Å². The van der Waals surface area contributed by atoms with E-state index in [0.717, 1.165) is 16.9 Å². The fraction of sp³-hybridized carbons (Fsp3) is 0.136. The van der Waals surface area contributed by atoms with E-state index in [1.807, 2.05) is 54.6 Å². The topological polar surface area (TPSA) is 40.0 Å². The molecule has 0 aliphatic rings. The van der Waals surface area contributed by atoms with Crippen molar-refractivity contribution in [1.82, 2.24) is 0 Å². The molecule has 4 nitrogen and oxygen atoms in total. The maximum absolute atomic E-state index is 6.18. The lowest BCUT2D eigenvalue weighted by molar-refractivity contribution is 0.306. The van der Waals surface area contributed by atoms with Crippen LogP contribution in [0.15, 0.2) is 71.7 Å². The summed E-state index contributed by atoms with van der Waals surface area (Å²) in [7, 11) is 3.14. The lowest BCUT2D eigenvalue weighted by Gasteiger charge is -2.09. The highest BCUT2D eigenvalue weighted by Crippen LogP contribution is 2.37. The number of hydrogen-bond donors (Lipinski definition) is 0. The Hall–Kier alpha value is -2.98. The summed E-state index contributed by atoms with van der Waals surface area (Å²) in [6, 6.07) is 21.2. The Morgan fingerprint density at radius 1 is 0.889 bits per heavy atom. The van der Waals surface area contributed by atoms with Gasteiger partial charge in [0.1, 0.15) is 29.5 Å². The Kier molecular flexibility index (Phi) is 6.34. The number of ether oxygens (including phenoxy) is 3. The second-order valence-corrected chi connectivity index (χ2v) is 6.17. The first-order valence-corrected chi connectivity index (χ1v) is 8.80. The quantitative estimate of drug-likeness (QED) is 0.494. The summed E-state index contributed by atoms with van der Waals surface area (Å²) < 4.78 is 16.3. The zero-order chi connectivity index (χ0) is 19.1. The van der Waals surface area contributed by atoms with Gasteiger partial charge in [-0.15, -0.1) is 0 Å². The lowest BCUT2D eigenvalue weighted by Crippen LogP contribution is -1.95. The molecule has 0 atom stereocenters. The van der Waals surface area contributed by atoms with Crippen LogP contribution >= 0.6 is 11.6 Å². The van der Waals surface area contributed by atoms with E-state index < -0.39 is 0 Å². The molecule has 0 heterocycles. The number of nitrogens with zero attached hydrogens (tertiary/aromatic N) is 1. The highest BCUT2D eigenvalue weighted by Gasteiger charge is 2.08. The predicted molar refractivity (Wildman–Crippen MR) is 109 cm³/mol. The fourth-order valence-electron chi connectivity index (χ4n) is 2.48. The number of halogens is 1. The van der Waals surface area contributed by atoms with Gasteiger partial charge < -0.3 is 14.2 Å². The van der Waals surface area contributed by atoms with E-state index in [1.165, 1.54) is 0 Å². The predicted octanol–water partition coefficient (Wildman–Crippen LogP) is 5.69. The molecule has 0 unspecified atom stereocenters. The van der Waals surface area contributed by atoms with Crippen LogP contribution in [0.2, 0.25) is 5.02 Å². The number of hydrogen-bond acceptors (Lipinski definition) is 4. The van der Waals surface area contributed by atoms with E-state index in [9.17, 15) is 0 Å². The summed E-state index contributed by atoms with van der Waals surface area (Å²) in [6.07, 6.45) is 1.75. The molecular weight excluding hydrogens is 362 g/mol. The molecule has 27 heavy (non-hydrogen) atoms. The minimum Gasteiger partial charge on any atom is -0.495 e. The van der Waals surface area contributed by atoms with Gasteiger partial charge >= 0.3 is 0 Å². The molecule has 0 aromatic heterocycles. The van der Waals surface area contributed by atoms with Gasteiger partial charge in [0.05, 0.1) is 19.2 Å². The Labute approximate surface area is 164 Å². The van der Waals surface area contributed by atoms with Crippen molar-refractivity contribution >= 4 is 23.5 Å². The van der Waals surface area contributed by atoms with E-state index in [2.05, 4.69) is 4.99 Å². The second kappa shape index (κ2) is 9.10. The van der Waals surface area contributed by atoms with Crippen molar-refractivity contribution in [2.75, 3.05) is 14.2 Å². The summed E-state index contributed by atoms with van der Waals surface area (Å²) in [4.78, 5) is 4.48. The van der Waals surface area contributed by atoms with Gasteiger partial charge in [0.2, 0.25) is 0 Å². The molecule has 0 saturated heterocycles. The third-order valence-electron chi connectivity index (χ3n) is 3.93. The third kappa shape index (κ3) is 5.02. The molecule has 0 aliphatic heterocycles. The zero-order valence-corrected chi connectivity index (χ0v) is 15.9. The Morgan fingerprint density at radius 3 is 2.26 bits per heavy atom. The zero-order valence-electron chi connectivity index (χ0n) is 15.2. The maximum Gasteiger partial charge on any atom is 0.148 e. The number of benzene rings is 3. The van der Waals surface area contributed by atoms with Crippen LogP contribution in [0, 0.1) is 0 Å². The average Bonchev–Trinajstić information content (AvgIpc) is 2.72. The first-order valence-electron chi connectivity index (χ1n) is 8.42. The molecule has 0 bridgehead atoms. The highest BCUT2D eigenvalue weighted by molar-refractivity contribution is 6.32. The van der Waals surface area contributed by atoms with Gasteiger partial charge in [-0.1, -0.05) is 41.9 Å². The summed E-state index contributed by atoms with van der Waals surface area (Å²) in [5, 5.41) is 0.482. The smallest absolute Gasteiger partial charge is 0.148 e. The molecule has 0 fully saturated rings. The molecule has 5 heteroatoms. The van der Waals surface area contributed by atoms with Crippen molar-refractivity contribution in [1.29, 1.82) is 0 Å². The average molecular weight is 382 g/mol. The molecule has 0 N–H and O–H groups in total. The molecular formula is C22H20ClNO3. The van der Waals surface area contributed by atoms with Gasteiger partial charge in [-0.25, -0.2) is 0 Å². The normalized spacial score (nSPS) is 10.8. The third-order valence-corrected chi connectivity index (χ3v) is 4.23. The van der Waals surface area contributed by atoms with Gasteiger partial charge in [-0.3, -0.25) is 4.99 Å². The van der Waals surface area contributed by atoms with Gasteiger partial charge in [0.25, 0.3) is 0 Å². The van der Waals surface area contributed by atoms with Crippen molar-refractivity contribution < 1.29 is 14.2 Å². The maximum atomic E-state index is 6.18. The fourth-order valence-corrected chi connectivity index (χ4v) is 2.72. The summed E-state index contributed by atoms with van der Waals surface area (Å²) in [6.45, 7) is 0.538. The van der Waals surface area contributed by atoms with Crippen LogP contribution in [0.25, 0.3) is 0 Å². The molecule has 0 radical (unpaired) electrons. The van der Waals surface area contributed by atoms with Crippen molar-refractivity contribution in [3.05, 3.63) is 82.9 Å². The van der Waals surface area contributed by atoms with E-state index in [0.29, 0.717) is 28.8 Å². The van der Waals surface area contributed by atoms with E-state index >= 15 is 0 Å².